The minimum absolute atomic E-state index is 0.347. The first-order valence-electron chi connectivity index (χ1n) is 8.03. The fraction of sp³-hybridized carbons (Fsp3) is 0.222. The molecule has 0 spiro atoms. The molecule has 0 aliphatic heterocycles. The molecule has 0 atom stereocenters. The lowest BCUT2D eigenvalue weighted by molar-refractivity contribution is 0.0600. The van der Waals surface area contributed by atoms with E-state index in [-0.39, 0.29) is 5.97 Å². The van der Waals surface area contributed by atoms with Crippen LogP contribution < -0.4 is 4.74 Å². The van der Waals surface area contributed by atoms with E-state index >= 15 is 0 Å². The molecule has 1 aromatic heterocycles. The van der Waals surface area contributed by atoms with Gasteiger partial charge in [0, 0.05) is 5.75 Å². The molecule has 0 fully saturated rings. The number of tetrazole rings is 1. The van der Waals surface area contributed by atoms with Crippen LogP contribution in [0, 0.1) is 0 Å². The van der Waals surface area contributed by atoms with Gasteiger partial charge in [-0.05, 0) is 47.2 Å². The standard InChI is InChI=1S/C18H18N4O3S/c1-3-25-16-7-5-4-6-15(16)22-18(19-20-21-22)26-12-13-8-10-14(11-9-13)17(23)24-2/h4-11H,3,12H2,1-2H3. The summed E-state index contributed by atoms with van der Waals surface area (Å²) in [5, 5.41) is 12.6. The number of benzene rings is 2. The van der Waals surface area contributed by atoms with Gasteiger partial charge >= 0.3 is 5.97 Å². The van der Waals surface area contributed by atoms with Crippen LogP contribution in [0.15, 0.2) is 53.7 Å². The maximum atomic E-state index is 11.5. The quantitative estimate of drug-likeness (QED) is 0.467. The Balaban J connectivity index is 1.75. The molecule has 0 saturated carbocycles. The van der Waals surface area contributed by atoms with Crippen molar-refractivity contribution in [2.75, 3.05) is 13.7 Å². The van der Waals surface area contributed by atoms with Gasteiger partial charge in [-0.3, -0.25) is 0 Å². The summed E-state index contributed by atoms with van der Waals surface area (Å²) in [6.07, 6.45) is 0. The predicted octanol–water partition coefficient (Wildman–Crippen LogP) is 3.14. The fourth-order valence-electron chi connectivity index (χ4n) is 2.33. The Hall–Kier alpha value is -2.87. The van der Waals surface area contributed by atoms with Crippen LogP contribution in [-0.2, 0) is 10.5 Å². The number of thioether (sulfide) groups is 1. The molecule has 26 heavy (non-hydrogen) atoms. The Kier molecular flexibility index (Phi) is 5.85. The van der Waals surface area contributed by atoms with E-state index in [4.69, 9.17) is 9.47 Å². The molecule has 0 amide bonds. The van der Waals surface area contributed by atoms with Gasteiger partial charge in [-0.2, -0.15) is 4.68 Å². The summed E-state index contributed by atoms with van der Waals surface area (Å²) in [7, 11) is 1.37. The van der Waals surface area contributed by atoms with Crippen LogP contribution in [0.5, 0.6) is 5.75 Å². The van der Waals surface area contributed by atoms with E-state index in [1.807, 2.05) is 43.3 Å². The first-order chi connectivity index (χ1) is 12.7. The van der Waals surface area contributed by atoms with Crippen molar-refractivity contribution in [3.63, 3.8) is 0 Å². The molecule has 0 radical (unpaired) electrons. The number of hydrogen-bond donors (Lipinski definition) is 0. The van der Waals surface area contributed by atoms with Gasteiger partial charge in [-0.25, -0.2) is 4.79 Å². The fourth-order valence-corrected chi connectivity index (χ4v) is 3.17. The molecule has 0 saturated heterocycles. The molecule has 3 rings (SSSR count). The van der Waals surface area contributed by atoms with Gasteiger partial charge in [0.15, 0.2) is 0 Å². The van der Waals surface area contributed by atoms with Crippen molar-refractivity contribution in [1.82, 2.24) is 20.2 Å². The molecular weight excluding hydrogens is 352 g/mol. The summed E-state index contributed by atoms with van der Waals surface area (Å²) in [4.78, 5) is 11.5. The highest BCUT2D eigenvalue weighted by molar-refractivity contribution is 7.98. The predicted molar refractivity (Wildman–Crippen MR) is 97.7 cm³/mol. The Morgan fingerprint density at radius 3 is 2.65 bits per heavy atom. The number of esters is 1. The normalized spacial score (nSPS) is 10.5. The van der Waals surface area contributed by atoms with E-state index in [9.17, 15) is 4.79 Å². The molecule has 0 N–H and O–H groups in total. The Bertz CT molecular complexity index is 880. The van der Waals surface area contributed by atoms with Crippen LogP contribution in [-0.4, -0.2) is 39.9 Å². The summed E-state index contributed by atoms with van der Waals surface area (Å²) >= 11 is 1.50. The largest absolute Gasteiger partial charge is 0.492 e. The van der Waals surface area contributed by atoms with Crippen molar-refractivity contribution in [3.05, 3.63) is 59.7 Å². The Morgan fingerprint density at radius 2 is 1.92 bits per heavy atom. The molecule has 3 aromatic rings. The lowest BCUT2D eigenvalue weighted by atomic mass is 10.1. The topological polar surface area (TPSA) is 79.1 Å². The van der Waals surface area contributed by atoms with Gasteiger partial charge in [-0.1, -0.05) is 36.0 Å². The maximum Gasteiger partial charge on any atom is 0.337 e. The monoisotopic (exact) mass is 370 g/mol. The van der Waals surface area contributed by atoms with Gasteiger partial charge in [0.25, 0.3) is 0 Å². The second-order valence-electron chi connectivity index (χ2n) is 5.25. The highest BCUT2D eigenvalue weighted by atomic mass is 32.2. The van der Waals surface area contributed by atoms with Gasteiger partial charge < -0.3 is 9.47 Å². The van der Waals surface area contributed by atoms with E-state index < -0.39 is 0 Å². The van der Waals surface area contributed by atoms with Crippen molar-refractivity contribution in [2.24, 2.45) is 0 Å². The lowest BCUT2D eigenvalue weighted by Gasteiger charge is -2.10. The second kappa shape index (κ2) is 8.48. The molecular formula is C18H18N4O3S. The van der Waals surface area contributed by atoms with Gasteiger partial charge in [0.2, 0.25) is 5.16 Å². The molecule has 0 aliphatic rings. The number of aromatic nitrogens is 4. The average Bonchev–Trinajstić information content (AvgIpc) is 3.15. The number of carbonyl (C=O) groups is 1. The SMILES string of the molecule is CCOc1ccccc1-n1nnnc1SCc1ccc(C(=O)OC)cc1. The Labute approximate surface area is 155 Å². The number of carbonyl (C=O) groups excluding carboxylic acids is 1. The third kappa shape index (κ3) is 4.02. The zero-order valence-electron chi connectivity index (χ0n) is 14.5. The molecule has 8 heteroatoms. The number of hydrogen-bond acceptors (Lipinski definition) is 7. The number of rotatable bonds is 7. The van der Waals surface area contributed by atoms with E-state index in [0.717, 1.165) is 17.0 Å². The van der Waals surface area contributed by atoms with Crippen molar-refractivity contribution in [3.8, 4) is 11.4 Å². The van der Waals surface area contributed by atoms with Gasteiger partial charge in [-0.15, -0.1) is 5.10 Å². The third-order valence-electron chi connectivity index (χ3n) is 3.58. The summed E-state index contributed by atoms with van der Waals surface area (Å²) in [6.45, 7) is 2.50. The van der Waals surface area contributed by atoms with Crippen LogP contribution in [0.2, 0.25) is 0 Å². The smallest absolute Gasteiger partial charge is 0.337 e. The zero-order chi connectivity index (χ0) is 18.4. The number of methoxy groups -OCH3 is 1. The van der Waals surface area contributed by atoms with Crippen LogP contribution in [0.3, 0.4) is 0 Å². The second-order valence-corrected chi connectivity index (χ2v) is 6.19. The van der Waals surface area contributed by atoms with E-state index in [1.165, 1.54) is 18.9 Å². The van der Waals surface area contributed by atoms with E-state index in [1.54, 1.807) is 16.8 Å². The van der Waals surface area contributed by atoms with Gasteiger partial charge in [0.1, 0.15) is 11.4 Å². The highest BCUT2D eigenvalue weighted by Crippen LogP contribution is 2.27. The third-order valence-corrected chi connectivity index (χ3v) is 4.57. The van der Waals surface area contributed by atoms with Crippen LogP contribution in [0.4, 0.5) is 0 Å². The molecule has 1 heterocycles. The molecule has 2 aromatic carbocycles. The first kappa shape index (κ1) is 17.9. The molecule has 0 bridgehead atoms. The van der Waals surface area contributed by atoms with Crippen LogP contribution in [0.1, 0.15) is 22.8 Å². The molecule has 7 nitrogen and oxygen atoms in total. The minimum Gasteiger partial charge on any atom is -0.492 e. The van der Waals surface area contributed by atoms with Crippen molar-refractivity contribution in [1.29, 1.82) is 0 Å². The van der Waals surface area contributed by atoms with Crippen molar-refractivity contribution >= 4 is 17.7 Å². The number of nitrogens with zero attached hydrogens (tertiary/aromatic N) is 4. The maximum absolute atomic E-state index is 11.5. The van der Waals surface area contributed by atoms with Crippen molar-refractivity contribution < 1.29 is 14.3 Å². The summed E-state index contributed by atoms with van der Waals surface area (Å²) in [5.74, 6) is 1.05. The molecule has 0 aliphatic carbocycles. The molecule has 0 unspecified atom stereocenters. The average molecular weight is 370 g/mol. The summed E-state index contributed by atoms with van der Waals surface area (Å²) in [6, 6.07) is 14.9. The van der Waals surface area contributed by atoms with Crippen LogP contribution >= 0.6 is 11.8 Å². The van der Waals surface area contributed by atoms with Crippen molar-refractivity contribution in [2.45, 2.75) is 17.8 Å². The Morgan fingerprint density at radius 1 is 1.15 bits per heavy atom. The van der Waals surface area contributed by atoms with Crippen LogP contribution in [0.25, 0.3) is 5.69 Å². The summed E-state index contributed by atoms with van der Waals surface area (Å²) < 4.78 is 12.0. The zero-order valence-corrected chi connectivity index (χ0v) is 15.3. The number of para-hydroxylation sites is 2. The van der Waals surface area contributed by atoms with E-state index in [0.29, 0.717) is 23.1 Å². The summed E-state index contributed by atoms with van der Waals surface area (Å²) in [5.41, 5.74) is 2.37. The molecule has 134 valence electrons. The first-order valence-corrected chi connectivity index (χ1v) is 9.02. The van der Waals surface area contributed by atoms with Gasteiger partial charge in [0.05, 0.1) is 19.3 Å². The number of ether oxygens (including phenoxy) is 2. The van der Waals surface area contributed by atoms with E-state index in [2.05, 4.69) is 15.5 Å². The minimum atomic E-state index is -0.347. The lowest BCUT2D eigenvalue weighted by Crippen LogP contribution is -2.03. The highest BCUT2D eigenvalue weighted by Gasteiger charge is 2.13.